The number of carbonyl (C=O) groups excluding carboxylic acids is 2. The van der Waals surface area contributed by atoms with Gasteiger partial charge in [-0.1, -0.05) is 0 Å². The van der Waals surface area contributed by atoms with Crippen molar-refractivity contribution in [3.63, 3.8) is 0 Å². The van der Waals surface area contributed by atoms with E-state index in [0.29, 0.717) is 45.2 Å². The maximum Gasteiger partial charge on any atom is 0.312 e. The fraction of sp³-hybridized carbons (Fsp3) is 0.833. The monoisotopic (exact) mass is 273 g/mol. The van der Waals surface area contributed by atoms with Crippen LogP contribution in [0.25, 0.3) is 0 Å². The molecule has 7 nitrogen and oxygen atoms in total. The highest BCUT2D eigenvalue weighted by molar-refractivity contribution is 5.80. The summed E-state index contributed by atoms with van der Waals surface area (Å²) in [5, 5.41) is 21.0. The summed E-state index contributed by atoms with van der Waals surface area (Å²) < 4.78 is 0. The number of aliphatic hydroxyl groups is 2. The predicted molar refractivity (Wildman–Crippen MR) is 69.3 cm³/mol. The van der Waals surface area contributed by atoms with E-state index >= 15 is 0 Å². The minimum absolute atomic E-state index is 0.00748. The quantitative estimate of drug-likeness (QED) is 0.473. The summed E-state index contributed by atoms with van der Waals surface area (Å²) in [5.41, 5.74) is 5.04. The van der Waals surface area contributed by atoms with E-state index < -0.39 is 12.1 Å². The maximum atomic E-state index is 11.9. The van der Waals surface area contributed by atoms with Crippen molar-refractivity contribution >= 4 is 11.9 Å². The van der Waals surface area contributed by atoms with Gasteiger partial charge >= 0.3 is 6.03 Å². The van der Waals surface area contributed by atoms with Crippen LogP contribution >= 0.6 is 0 Å². The molecule has 3 amide bonds. The maximum absolute atomic E-state index is 11.9. The number of rotatable bonds is 6. The Balaban J connectivity index is 2.29. The Morgan fingerprint density at radius 1 is 1.32 bits per heavy atom. The van der Waals surface area contributed by atoms with E-state index in [1.54, 1.807) is 4.90 Å². The number of piperidine rings is 1. The van der Waals surface area contributed by atoms with Gasteiger partial charge in [-0.2, -0.15) is 0 Å². The number of nitrogens with one attached hydrogen (secondary N) is 1. The zero-order valence-electron chi connectivity index (χ0n) is 11.0. The van der Waals surface area contributed by atoms with Crippen LogP contribution in [0.1, 0.15) is 32.1 Å². The molecule has 1 atom stereocenters. The number of hydrogen-bond acceptors (Lipinski definition) is 4. The van der Waals surface area contributed by atoms with Gasteiger partial charge < -0.3 is 26.2 Å². The van der Waals surface area contributed by atoms with Crippen molar-refractivity contribution < 1.29 is 19.8 Å². The van der Waals surface area contributed by atoms with Crippen LogP contribution in [0.15, 0.2) is 0 Å². The van der Waals surface area contributed by atoms with Crippen LogP contribution in [0, 0.1) is 0 Å². The largest absolute Gasteiger partial charge is 0.396 e. The first kappa shape index (κ1) is 15.7. The second-order valence-electron chi connectivity index (χ2n) is 4.84. The van der Waals surface area contributed by atoms with Crippen LogP contribution < -0.4 is 11.1 Å². The first-order valence-electron chi connectivity index (χ1n) is 6.68. The summed E-state index contributed by atoms with van der Waals surface area (Å²) in [6.07, 6.45) is 1.90. The van der Waals surface area contributed by atoms with Crippen molar-refractivity contribution in [1.82, 2.24) is 10.2 Å². The van der Waals surface area contributed by atoms with Crippen molar-refractivity contribution in [2.75, 3.05) is 19.7 Å². The zero-order valence-corrected chi connectivity index (χ0v) is 11.0. The predicted octanol–water partition coefficient (Wildman–Crippen LogP) is -0.831. The standard InChI is InChI=1S/C12H23N3O4/c13-12(19)14-9-4-6-15(7-5-9)11(18)10(17)3-1-2-8-16/h9-10,16-17H,1-8H2,(H3,13,14,19). The molecular weight excluding hydrogens is 250 g/mol. The smallest absolute Gasteiger partial charge is 0.312 e. The Hall–Kier alpha value is -1.34. The van der Waals surface area contributed by atoms with E-state index in [-0.39, 0.29) is 18.6 Å². The van der Waals surface area contributed by atoms with Gasteiger partial charge in [0.2, 0.25) is 0 Å². The molecule has 5 N–H and O–H groups in total. The van der Waals surface area contributed by atoms with Gasteiger partial charge in [-0.05, 0) is 32.1 Å². The number of carbonyl (C=O) groups is 2. The van der Waals surface area contributed by atoms with Gasteiger partial charge in [0, 0.05) is 25.7 Å². The van der Waals surface area contributed by atoms with E-state index in [9.17, 15) is 14.7 Å². The Kier molecular flexibility index (Phi) is 6.58. The number of nitrogens with two attached hydrogens (primary N) is 1. The second kappa shape index (κ2) is 7.96. The minimum Gasteiger partial charge on any atom is -0.396 e. The van der Waals surface area contributed by atoms with Gasteiger partial charge in [-0.3, -0.25) is 4.79 Å². The van der Waals surface area contributed by atoms with Crippen molar-refractivity contribution in [1.29, 1.82) is 0 Å². The summed E-state index contributed by atoms with van der Waals surface area (Å²) in [6, 6.07) is -0.540. The second-order valence-corrected chi connectivity index (χ2v) is 4.84. The molecule has 7 heteroatoms. The third-order valence-electron chi connectivity index (χ3n) is 3.32. The number of primary amides is 1. The molecular formula is C12H23N3O4. The Morgan fingerprint density at radius 3 is 2.47 bits per heavy atom. The minimum atomic E-state index is -0.993. The summed E-state index contributed by atoms with van der Waals surface area (Å²) in [4.78, 5) is 24.2. The van der Waals surface area contributed by atoms with Crippen molar-refractivity contribution in [3.05, 3.63) is 0 Å². The number of unbranched alkanes of at least 4 members (excludes halogenated alkanes) is 1. The number of likely N-dealkylation sites (tertiary alicyclic amines) is 1. The van der Waals surface area contributed by atoms with Crippen molar-refractivity contribution in [3.8, 4) is 0 Å². The molecule has 19 heavy (non-hydrogen) atoms. The Labute approximate surface area is 112 Å². The Bertz CT molecular complexity index is 303. The highest BCUT2D eigenvalue weighted by atomic mass is 16.3. The molecule has 0 aromatic rings. The molecule has 1 heterocycles. The number of urea groups is 1. The average Bonchev–Trinajstić information content (AvgIpc) is 2.38. The van der Waals surface area contributed by atoms with Crippen LogP contribution in [0.5, 0.6) is 0 Å². The molecule has 0 aromatic carbocycles. The molecule has 0 aliphatic carbocycles. The van der Waals surface area contributed by atoms with Gasteiger partial charge in [0.05, 0.1) is 0 Å². The lowest BCUT2D eigenvalue weighted by atomic mass is 10.0. The molecule has 1 rings (SSSR count). The lowest BCUT2D eigenvalue weighted by Gasteiger charge is -2.33. The fourth-order valence-corrected chi connectivity index (χ4v) is 2.23. The lowest BCUT2D eigenvalue weighted by molar-refractivity contribution is -0.141. The lowest BCUT2D eigenvalue weighted by Crippen LogP contribution is -2.50. The van der Waals surface area contributed by atoms with Crippen LogP contribution in [0.4, 0.5) is 4.79 Å². The molecule has 1 aliphatic rings. The molecule has 1 unspecified atom stereocenters. The van der Waals surface area contributed by atoms with E-state index in [0.717, 1.165) is 0 Å². The molecule has 0 radical (unpaired) electrons. The fourth-order valence-electron chi connectivity index (χ4n) is 2.23. The summed E-state index contributed by atoms with van der Waals surface area (Å²) >= 11 is 0. The van der Waals surface area contributed by atoms with E-state index in [4.69, 9.17) is 10.8 Å². The molecule has 0 bridgehead atoms. The molecule has 0 aromatic heterocycles. The number of hydrogen-bond donors (Lipinski definition) is 4. The SMILES string of the molecule is NC(=O)NC1CCN(C(=O)C(O)CCCCO)CC1. The van der Waals surface area contributed by atoms with Crippen molar-refractivity contribution in [2.45, 2.75) is 44.2 Å². The van der Waals surface area contributed by atoms with Gasteiger partial charge in [0.1, 0.15) is 6.10 Å². The molecule has 110 valence electrons. The average molecular weight is 273 g/mol. The highest BCUT2D eigenvalue weighted by Gasteiger charge is 2.27. The van der Waals surface area contributed by atoms with E-state index in [1.165, 1.54) is 0 Å². The Morgan fingerprint density at radius 2 is 1.95 bits per heavy atom. The van der Waals surface area contributed by atoms with E-state index in [1.807, 2.05) is 0 Å². The van der Waals surface area contributed by atoms with Crippen LogP contribution in [0.2, 0.25) is 0 Å². The van der Waals surface area contributed by atoms with Gasteiger partial charge in [0.15, 0.2) is 0 Å². The van der Waals surface area contributed by atoms with Gasteiger partial charge in [0.25, 0.3) is 5.91 Å². The van der Waals surface area contributed by atoms with Gasteiger partial charge in [-0.25, -0.2) is 4.79 Å². The summed E-state index contributed by atoms with van der Waals surface area (Å²) in [5.74, 6) is -0.268. The first-order valence-corrected chi connectivity index (χ1v) is 6.68. The molecule has 1 saturated heterocycles. The summed E-state index contributed by atoms with van der Waals surface area (Å²) in [7, 11) is 0. The van der Waals surface area contributed by atoms with Crippen LogP contribution in [-0.4, -0.2) is 58.9 Å². The zero-order chi connectivity index (χ0) is 14.3. The van der Waals surface area contributed by atoms with E-state index in [2.05, 4.69) is 5.32 Å². The van der Waals surface area contributed by atoms with Crippen LogP contribution in [0.3, 0.4) is 0 Å². The molecule has 1 aliphatic heterocycles. The summed E-state index contributed by atoms with van der Waals surface area (Å²) in [6.45, 7) is 1.10. The van der Waals surface area contributed by atoms with Gasteiger partial charge in [-0.15, -0.1) is 0 Å². The third kappa shape index (κ3) is 5.44. The third-order valence-corrected chi connectivity index (χ3v) is 3.32. The highest BCUT2D eigenvalue weighted by Crippen LogP contribution is 2.13. The molecule has 0 spiro atoms. The normalized spacial score (nSPS) is 18.1. The number of aliphatic hydroxyl groups excluding tert-OH is 2. The molecule has 0 saturated carbocycles. The molecule has 1 fully saturated rings. The van der Waals surface area contributed by atoms with Crippen molar-refractivity contribution in [2.24, 2.45) is 5.73 Å². The number of nitrogens with zero attached hydrogens (tertiary/aromatic N) is 1. The number of amides is 3. The van der Waals surface area contributed by atoms with Crippen LogP contribution in [-0.2, 0) is 4.79 Å². The first-order chi connectivity index (χ1) is 9.04. The topological polar surface area (TPSA) is 116 Å².